The summed E-state index contributed by atoms with van der Waals surface area (Å²) in [4.78, 5) is 10.4. The minimum Gasteiger partial charge on any atom is -0.495 e. The van der Waals surface area contributed by atoms with Gasteiger partial charge in [0.25, 0.3) is 0 Å². The average Bonchev–Trinajstić information content (AvgIpc) is 2.20. The van der Waals surface area contributed by atoms with E-state index < -0.39 is 5.91 Å². The summed E-state index contributed by atoms with van der Waals surface area (Å²) < 4.78 is 5.02. The molecule has 78 valence electrons. The zero-order valence-electron chi connectivity index (χ0n) is 8.21. The summed E-state index contributed by atoms with van der Waals surface area (Å²) in [5.41, 5.74) is 5.68. The Kier molecular flexibility index (Phi) is 4.02. The number of halogens is 1. The van der Waals surface area contributed by atoms with E-state index in [2.05, 4.69) is 11.8 Å². The second-order valence-electron chi connectivity index (χ2n) is 2.79. The van der Waals surface area contributed by atoms with Gasteiger partial charge in [-0.25, -0.2) is 0 Å². The van der Waals surface area contributed by atoms with E-state index in [1.165, 1.54) is 7.11 Å². The normalized spacial score (nSPS) is 8.93. The van der Waals surface area contributed by atoms with E-state index in [0.29, 0.717) is 10.8 Å². The first kappa shape index (κ1) is 11.4. The minimum atomic E-state index is -0.441. The van der Waals surface area contributed by atoms with Gasteiger partial charge >= 0.3 is 0 Å². The SMILES string of the molecule is COc1cc(C#CCC(N)=O)ccc1Cl. The van der Waals surface area contributed by atoms with Crippen LogP contribution in [0.2, 0.25) is 5.02 Å². The molecule has 0 saturated heterocycles. The molecular formula is C11H10ClNO2. The molecule has 0 unspecified atom stereocenters. The fourth-order valence-electron chi connectivity index (χ4n) is 0.971. The lowest BCUT2D eigenvalue weighted by molar-refractivity contribution is -0.117. The van der Waals surface area contributed by atoms with Gasteiger partial charge in [0.05, 0.1) is 18.6 Å². The van der Waals surface area contributed by atoms with Crippen LogP contribution in [0.15, 0.2) is 18.2 Å². The maximum absolute atomic E-state index is 10.4. The maximum Gasteiger partial charge on any atom is 0.229 e. The highest BCUT2D eigenvalue weighted by Gasteiger charge is 1.99. The number of benzene rings is 1. The first-order chi connectivity index (χ1) is 7.13. The summed E-state index contributed by atoms with van der Waals surface area (Å²) in [7, 11) is 1.53. The van der Waals surface area contributed by atoms with Crippen molar-refractivity contribution in [1.29, 1.82) is 0 Å². The Morgan fingerprint density at radius 2 is 2.33 bits per heavy atom. The fraction of sp³-hybridized carbons (Fsp3) is 0.182. The molecule has 0 spiro atoms. The summed E-state index contributed by atoms with van der Waals surface area (Å²) >= 11 is 5.83. The molecule has 2 N–H and O–H groups in total. The summed E-state index contributed by atoms with van der Waals surface area (Å²) in [6.07, 6.45) is 0.0466. The highest BCUT2D eigenvalue weighted by Crippen LogP contribution is 2.24. The van der Waals surface area contributed by atoms with Crippen LogP contribution in [0.1, 0.15) is 12.0 Å². The predicted molar refractivity (Wildman–Crippen MR) is 58.7 cm³/mol. The number of methoxy groups -OCH3 is 1. The quantitative estimate of drug-likeness (QED) is 0.774. The van der Waals surface area contributed by atoms with Crippen LogP contribution >= 0.6 is 11.6 Å². The lowest BCUT2D eigenvalue weighted by Crippen LogP contribution is -2.08. The first-order valence-corrected chi connectivity index (χ1v) is 4.62. The van der Waals surface area contributed by atoms with Crippen molar-refractivity contribution in [2.45, 2.75) is 6.42 Å². The lowest BCUT2D eigenvalue weighted by atomic mass is 10.2. The van der Waals surface area contributed by atoms with Crippen molar-refractivity contribution >= 4 is 17.5 Å². The van der Waals surface area contributed by atoms with Crippen LogP contribution in [0.25, 0.3) is 0 Å². The topological polar surface area (TPSA) is 52.3 Å². The molecule has 4 heteroatoms. The highest BCUT2D eigenvalue weighted by atomic mass is 35.5. The molecule has 0 fully saturated rings. The molecule has 0 aromatic heterocycles. The molecule has 0 saturated carbocycles. The Morgan fingerprint density at radius 3 is 2.93 bits per heavy atom. The smallest absolute Gasteiger partial charge is 0.229 e. The van der Waals surface area contributed by atoms with Crippen LogP contribution in [0.4, 0.5) is 0 Å². The number of nitrogens with two attached hydrogens (primary N) is 1. The minimum absolute atomic E-state index is 0.0466. The monoisotopic (exact) mass is 223 g/mol. The van der Waals surface area contributed by atoms with E-state index in [4.69, 9.17) is 22.1 Å². The number of carbonyl (C=O) groups is 1. The van der Waals surface area contributed by atoms with Crippen molar-refractivity contribution < 1.29 is 9.53 Å². The van der Waals surface area contributed by atoms with Crippen LogP contribution < -0.4 is 10.5 Å². The molecule has 0 aliphatic carbocycles. The highest BCUT2D eigenvalue weighted by molar-refractivity contribution is 6.32. The molecule has 15 heavy (non-hydrogen) atoms. The van der Waals surface area contributed by atoms with Gasteiger partial charge in [0.15, 0.2) is 0 Å². The van der Waals surface area contributed by atoms with Gasteiger partial charge in [0.1, 0.15) is 5.75 Å². The number of hydrogen-bond donors (Lipinski definition) is 1. The third-order valence-corrected chi connectivity index (χ3v) is 1.96. The van der Waals surface area contributed by atoms with E-state index in [-0.39, 0.29) is 6.42 Å². The van der Waals surface area contributed by atoms with E-state index in [1.807, 2.05) is 0 Å². The summed E-state index contributed by atoms with van der Waals surface area (Å²) in [5, 5.41) is 0.526. The zero-order valence-corrected chi connectivity index (χ0v) is 8.97. The molecule has 1 rings (SSSR count). The largest absolute Gasteiger partial charge is 0.495 e. The first-order valence-electron chi connectivity index (χ1n) is 4.24. The van der Waals surface area contributed by atoms with Gasteiger partial charge in [-0.05, 0) is 18.2 Å². The number of carbonyl (C=O) groups excluding carboxylic acids is 1. The molecule has 0 heterocycles. The number of ether oxygens (including phenoxy) is 1. The molecule has 3 nitrogen and oxygen atoms in total. The van der Waals surface area contributed by atoms with Crippen molar-refractivity contribution in [1.82, 2.24) is 0 Å². The Balaban J connectivity index is 2.85. The Morgan fingerprint density at radius 1 is 1.60 bits per heavy atom. The van der Waals surface area contributed by atoms with Gasteiger partial charge in [-0.3, -0.25) is 4.79 Å². The average molecular weight is 224 g/mol. The van der Waals surface area contributed by atoms with E-state index in [9.17, 15) is 4.79 Å². The summed E-state index contributed by atoms with van der Waals surface area (Å²) in [6, 6.07) is 5.14. The van der Waals surface area contributed by atoms with Crippen LogP contribution in [0, 0.1) is 11.8 Å². The predicted octanol–water partition coefficient (Wildman–Crippen LogP) is 1.58. The van der Waals surface area contributed by atoms with E-state index in [0.717, 1.165) is 5.56 Å². The van der Waals surface area contributed by atoms with Crippen LogP contribution in [-0.4, -0.2) is 13.0 Å². The van der Waals surface area contributed by atoms with Crippen molar-refractivity contribution in [2.75, 3.05) is 7.11 Å². The number of primary amides is 1. The fourth-order valence-corrected chi connectivity index (χ4v) is 1.17. The van der Waals surface area contributed by atoms with Crippen molar-refractivity contribution in [3.8, 4) is 17.6 Å². The van der Waals surface area contributed by atoms with Crippen LogP contribution in [-0.2, 0) is 4.79 Å². The molecule has 1 aromatic rings. The van der Waals surface area contributed by atoms with Gasteiger partial charge in [-0.1, -0.05) is 23.4 Å². The summed E-state index contributed by atoms with van der Waals surface area (Å²) in [5.74, 6) is 5.55. The molecule has 0 radical (unpaired) electrons. The van der Waals surface area contributed by atoms with Crippen molar-refractivity contribution in [2.24, 2.45) is 5.73 Å². The lowest BCUT2D eigenvalue weighted by Gasteiger charge is -2.01. The van der Waals surface area contributed by atoms with Gasteiger partial charge in [-0.2, -0.15) is 0 Å². The molecule has 0 aliphatic rings. The van der Waals surface area contributed by atoms with Gasteiger partial charge < -0.3 is 10.5 Å². The standard InChI is InChI=1S/C11H10ClNO2/c1-15-10-7-8(5-6-9(10)12)3-2-4-11(13)14/h5-7H,4H2,1H3,(H2,13,14). The second-order valence-corrected chi connectivity index (χ2v) is 3.20. The van der Waals surface area contributed by atoms with E-state index in [1.54, 1.807) is 18.2 Å². The second kappa shape index (κ2) is 5.28. The van der Waals surface area contributed by atoms with Crippen LogP contribution in [0.3, 0.4) is 0 Å². The maximum atomic E-state index is 10.4. The van der Waals surface area contributed by atoms with Gasteiger partial charge in [0.2, 0.25) is 5.91 Å². The molecular weight excluding hydrogens is 214 g/mol. The van der Waals surface area contributed by atoms with Crippen molar-refractivity contribution in [3.05, 3.63) is 28.8 Å². The third-order valence-electron chi connectivity index (χ3n) is 1.65. The van der Waals surface area contributed by atoms with E-state index >= 15 is 0 Å². The molecule has 0 aliphatic heterocycles. The summed E-state index contributed by atoms with van der Waals surface area (Å²) in [6.45, 7) is 0. The number of hydrogen-bond acceptors (Lipinski definition) is 2. The number of amides is 1. The van der Waals surface area contributed by atoms with Crippen molar-refractivity contribution in [3.63, 3.8) is 0 Å². The Labute approximate surface area is 93.2 Å². The molecule has 0 atom stereocenters. The third kappa shape index (κ3) is 3.53. The van der Waals surface area contributed by atoms with Gasteiger partial charge in [-0.15, -0.1) is 0 Å². The molecule has 0 bridgehead atoms. The van der Waals surface area contributed by atoms with Crippen LogP contribution in [0.5, 0.6) is 5.75 Å². The Hall–Kier alpha value is -1.66. The number of rotatable bonds is 2. The molecule has 1 amide bonds. The Bertz CT molecular complexity index is 432. The molecule has 1 aromatic carbocycles. The zero-order chi connectivity index (χ0) is 11.3. The van der Waals surface area contributed by atoms with Gasteiger partial charge in [0, 0.05) is 5.56 Å².